The third-order valence-electron chi connectivity index (χ3n) is 4.76. The molecule has 0 aliphatic carbocycles. The van der Waals surface area contributed by atoms with Crippen molar-refractivity contribution in [2.75, 3.05) is 32.7 Å². The number of aliphatic imine (C=N–C) groups is 1. The van der Waals surface area contributed by atoms with Crippen LogP contribution in [-0.2, 0) is 0 Å². The molecule has 4 N–H and O–H groups in total. The molecule has 28 heavy (non-hydrogen) atoms. The standard InChI is InChI=1S/C20H33N5O2.HI/c1-4-21-20(24-16-9-13-25(14-10-16)15(2)3)23-12-11-22-19(27)17-7-5-6-8-18(17)26;/h5-8,15-16,26H,4,9-14H2,1-3H3,(H,22,27)(H2,21,23,24);1H. The fraction of sp³-hybridized carbons (Fsp3) is 0.600. The number of para-hydroxylation sites is 1. The Morgan fingerprint density at radius 3 is 2.54 bits per heavy atom. The monoisotopic (exact) mass is 503 g/mol. The van der Waals surface area contributed by atoms with Crippen LogP contribution in [0.2, 0.25) is 0 Å². The lowest BCUT2D eigenvalue weighted by molar-refractivity contribution is 0.0952. The van der Waals surface area contributed by atoms with Crippen LogP contribution in [0.25, 0.3) is 0 Å². The number of hydrogen-bond acceptors (Lipinski definition) is 4. The van der Waals surface area contributed by atoms with E-state index in [1.54, 1.807) is 18.2 Å². The van der Waals surface area contributed by atoms with Crippen LogP contribution in [-0.4, -0.2) is 66.7 Å². The van der Waals surface area contributed by atoms with Crippen LogP contribution in [0, 0.1) is 0 Å². The van der Waals surface area contributed by atoms with Crippen molar-refractivity contribution in [1.82, 2.24) is 20.9 Å². The number of rotatable bonds is 7. The molecule has 0 radical (unpaired) electrons. The lowest BCUT2D eigenvalue weighted by Crippen LogP contribution is -2.50. The van der Waals surface area contributed by atoms with Crippen LogP contribution in [0.15, 0.2) is 29.3 Å². The molecule has 0 atom stereocenters. The Balaban J connectivity index is 0.00000392. The van der Waals surface area contributed by atoms with Gasteiger partial charge in [0.2, 0.25) is 0 Å². The van der Waals surface area contributed by atoms with E-state index in [1.165, 1.54) is 6.07 Å². The third-order valence-corrected chi connectivity index (χ3v) is 4.76. The quantitative estimate of drug-likeness (QED) is 0.198. The second-order valence-electron chi connectivity index (χ2n) is 7.08. The molecular weight excluding hydrogens is 469 g/mol. The van der Waals surface area contributed by atoms with Gasteiger partial charge < -0.3 is 26.0 Å². The van der Waals surface area contributed by atoms with Crippen LogP contribution in [0.3, 0.4) is 0 Å². The van der Waals surface area contributed by atoms with Crippen molar-refractivity contribution in [3.63, 3.8) is 0 Å². The Kier molecular flexibility index (Phi) is 11.2. The summed E-state index contributed by atoms with van der Waals surface area (Å²) in [4.78, 5) is 19.1. The van der Waals surface area contributed by atoms with Gasteiger partial charge in [0.1, 0.15) is 5.75 Å². The second kappa shape index (κ2) is 12.8. The first kappa shape index (κ1) is 24.5. The summed E-state index contributed by atoms with van der Waals surface area (Å²) in [5.41, 5.74) is 0.281. The lowest BCUT2D eigenvalue weighted by Gasteiger charge is -2.35. The van der Waals surface area contributed by atoms with Crippen molar-refractivity contribution < 1.29 is 9.90 Å². The van der Waals surface area contributed by atoms with Crippen LogP contribution >= 0.6 is 24.0 Å². The van der Waals surface area contributed by atoms with E-state index in [1.807, 2.05) is 6.92 Å². The van der Waals surface area contributed by atoms with Crippen molar-refractivity contribution in [2.45, 2.75) is 45.7 Å². The van der Waals surface area contributed by atoms with Crippen molar-refractivity contribution in [3.05, 3.63) is 29.8 Å². The Morgan fingerprint density at radius 1 is 1.25 bits per heavy atom. The molecule has 0 spiro atoms. The van der Waals surface area contributed by atoms with Gasteiger partial charge in [0.15, 0.2) is 5.96 Å². The van der Waals surface area contributed by atoms with E-state index in [4.69, 9.17) is 0 Å². The first-order valence-corrected chi connectivity index (χ1v) is 9.86. The maximum Gasteiger partial charge on any atom is 0.255 e. The molecule has 1 heterocycles. The maximum absolute atomic E-state index is 12.1. The third kappa shape index (κ3) is 7.83. The van der Waals surface area contributed by atoms with Gasteiger partial charge in [-0.1, -0.05) is 12.1 Å². The van der Waals surface area contributed by atoms with E-state index in [9.17, 15) is 9.90 Å². The molecule has 1 aliphatic heterocycles. The molecule has 7 nitrogen and oxygen atoms in total. The molecule has 1 fully saturated rings. The highest BCUT2D eigenvalue weighted by Gasteiger charge is 2.21. The van der Waals surface area contributed by atoms with Gasteiger partial charge in [-0.05, 0) is 45.7 Å². The Morgan fingerprint density at radius 2 is 1.93 bits per heavy atom. The molecule has 1 aromatic rings. The van der Waals surface area contributed by atoms with Crippen LogP contribution in [0.5, 0.6) is 5.75 Å². The zero-order valence-electron chi connectivity index (χ0n) is 17.1. The van der Waals surface area contributed by atoms with Gasteiger partial charge in [0.05, 0.1) is 12.1 Å². The number of aromatic hydroxyl groups is 1. The minimum atomic E-state index is -0.290. The zero-order valence-corrected chi connectivity index (χ0v) is 19.4. The molecule has 0 saturated carbocycles. The molecule has 2 rings (SSSR count). The predicted molar refractivity (Wildman–Crippen MR) is 125 cm³/mol. The molecule has 0 aromatic heterocycles. The van der Waals surface area contributed by atoms with Crippen LogP contribution in [0.4, 0.5) is 0 Å². The fourth-order valence-electron chi connectivity index (χ4n) is 3.17. The van der Waals surface area contributed by atoms with Crippen molar-refractivity contribution >= 4 is 35.8 Å². The number of carbonyl (C=O) groups excluding carboxylic acids is 1. The number of carbonyl (C=O) groups is 1. The molecule has 1 amide bonds. The topological polar surface area (TPSA) is 89.0 Å². The van der Waals surface area contributed by atoms with E-state index >= 15 is 0 Å². The molecule has 1 saturated heterocycles. The average molecular weight is 503 g/mol. The summed E-state index contributed by atoms with van der Waals surface area (Å²) in [5.74, 6) is 0.487. The van der Waals surface area contributed by atoms with Crippen LogP contribution < -0.4 is 16.0 Å². The fourth-order valence-corrected chi connectivity index (χ4v) is 3.17. The highest BCUT2D eigenvalue weighted by atomic mass is 127. The summed E-state index contributed by atoms with van der Waals surface area (Å²) in [6, 6.07) is 7.55. The molecular formula is C20H34IN5O2. The maximum atomic E-state index is 12.1. The summed E-state index contributed by atoms with van der Waals surface area (Å²) >= 11 is 0. The number of likely N-dealkylation sites (tertiary alicyclic amines) is 1. The van der Waals surface area contributed by atoms with Crippen molar-refractivity contribution in [1.29, 1.82) is 0 Å². The van der Waals surface area contributed by atoms with Crippen molar-refractivity contribution in [3.8, 4) is 5.75 Å². The normalized spacial score (nSPS) is 15.8. The molecule has 158 valence electrons. The first-order chi connectivity index (χ1) is 13.0. The number of nitrogens with one attached hydrogen (secondary N) is 3. The highest BCUT2D eigenvalue weighted by Crippen LogP contribution is 2.15. The highest BCUT2D eigenvalue weighted by molar-refractivity contribution is 14.0. The number of guanidine groups is 1. The number of phenols is 1. The van der Waals surface area contributed by atoms with E-state index < -0.39 is 0 Å². The molecule has 0 bridgehead atoms. The molecule has 1 aromatic carbocycles. The minimum absolute atomic E-state index is 0. The van der Waals surface area contributed by atoms with E-state index in [-0.39, 0.29) is 41.2 Å². The Bertz CT molecular complexity index is 631. The summed E-state index contributed by atoms with van der Waals surface area (Å²) in [6.07, 6.45) is 2.21. The first-order valence-electron chi connectivity index (χ1n) is 9.86. The average Bonchev–Trinajstić information content (AvgIpc) is 2.66. The number of piperidine rings is 1. The number of halogens is 1. The zero-order chi connectivity index (χ0) is 19.6. The Hall–Kier alpha value is -1.55. The second-order valence-corrected chi connectivity index (χ2v) is 7.08. The SMILES string of the molecule is CCNC(=NCCNC(=O)c1ccccc1O)NC1CCN(C(C)C)CC1.I. The van der Waals surface area contributed by atoms with Crippen molar-refractivity contribution in [2.24, 2.45) is 4.99 Å². The van der Waals surface area contributed by atoms with Crippen LogP contribution in [0.1, 0.15) is 44.0 Å². The number of nitrogens with zero attached hydrogens (tertiary/aromatic N) is 2. The number of phenolic OH excluding ortho intramolecular Hbond substituents is 1. The largest absolute Gasteiger partial charge is 0.507 e. The molecule has 8 heteroatoms. The summed E-state index contributed by atoms with van der Waals surface area (Å²) in [7, 11) is 0. The van der Waals surface area contributed by atoms with E-state index in [2.05, 4.69) is 39.7 Å². The smallest absolute Gasteiger partial charge is 0.255 e. The number of benzene rings is 1. The van der Waals surface area contributed by atoms with Gasteiger partial charge in [0, 0.05) is 38.3 Å². The number of hydrogen-bond donors (Lipinski definition) is 4. The van der Waals surface area contributed by atoms with Gasteiger partial charge in [-0.25, -0.2) is 0 Å². The molecule has 1 aliphatic rings. The van der Waals surface area contributed by atoms with Gasteiger partial charge >= 0.3 is 0 Å². The van der Waals surface area contributed by atoms with Gasteiger partial charge in [-0.3, -0.25) is 9.79 Å². The summed E-state index contributed by atoms with van der Waals surface area (Å²) in [5, 5.41) is 19.3. The summed E-state index contributed by atoms with van der Waals surface area (Å²) < 4.78 is 0. The number of amides is 1. The molecule has 0 unspecified atom stereocenters. The van der Waals surface area contributed by atoms with Gasteiger partial charge in [-0.2, -0.15) is 0 Å². The predicted octanol–water partition coefficient (Wildman–Crippen LogP) is 2.17. The van der Waals surface area contributed by atoms with Gasteiger partial charge in [0.25, 0.3) is 5.91 Å². The summed E-state index contributed by atoms with van der Waals surface area (Å²) in [6.45, 7) is 10.4. The van der Waals surface area contributed by atoms with E-state index in [0.717, 1.165) is 38.4 Å². The van der Waals surface area contributed by atoms with Gasteiger partial charge in [-0.15, -0.1) is 24.0 Å². The lowest BCUT2D eigenvalue weighted by atomic mass is 10.0. The Labute approximate surface area is 185 Å². The minimum Gasteiger partial charge on any atom is -0.507 e. The van der Waals surface area contributed by atoms with E-state index in [0.29, 0.717) is 25.2 Å².